The lowest BCUT2D eigenvalue weighted by molar-refractivity contribution is -0.394. The molecule has 1 aromatic heterocycles. The van der Waals surface area contributed by atoms with Gasteiger partial charge < -0.3 is 0 Å². The summed E-state index contributed by atoms with van der Waals surface area (Å²) in [6.45, 7) is 0.0239. The Labute approximate surface area is 151 Å². The van der Waals surface area contributed by atoms with E-state index in [4.69, 9.17) is 11.6 Å². The van der Waals surface area contributed by atoms with Crippen LogP contribution < -0.4 is 0 Å². The second-order valence-corrected chi connectivity index (χ2v) is 5.85. The first-order valence-electron chi connectivity index (χ1n) is 7.34. The number of hydrogen-bond donors (Lipinski definition) is 0. The fourth-order valence-corrected chi connectivity index (χ4v) is 2.45. The van der Waals surface area contributed by atoms with E-state index in [1.54, 1.807) is 12.1 Å². The van der Waals surface area contributed by atoms with Crippen LogP contribution in [0.2, 0.25) is 5.02 Å². The number of nitro benzene ring substituents is 2. The van der Waals surface area contributed by atoms with Gasteiger partial charge in [-0.1, -0.05) is 23.7 Å². The molecule has 1 heterocycles. The van der Waals surface area contributed by atoms with Crippen molar-refractivity contribution in [1.82, 2.24) is 20.2 Å². The van der Waals surface area contributed by atoms with Gasteiger partial charge in [0, 0.05) is 23.6 Å². The average molecular weight is 375 g/mol. The zero-order chi connectivity index (χ0) is 18.7. The molecule has 26 heavy (non-hydrogen) atoms. The first kappa shape index (κ1) is 17.4. The Morgan fingerprint density at radius 2 is 1.58 bits per heavy atom. The van der Waals surface area contributed by atoms with Crippen LogP contribution >= 0.6 is 11.6 Å². The highest BCUT2D eigenvalue weighted by atomic mass is 35.5. The smallest absolute Gasteiger partial charge is 0.258 e. The fourth-order valence-electron chi connectivity index (χ4n) is 2.32. The number of aromatic nitrogens is 4. The molecule has 10 nitrogen and oxygen atoms in total. The summed E-state index contributed by atoms with van der Waals surface area (Å²) < 4.78 is 0. The molecule has 132 valence electrons. The van der Waals surface area contributed by atoms with E-state index in [0.29, 0.717) is 22.8 Å². The Hall–Kier alpha value is -3.40. The van der Waals surface area contributed by atoms with E-state index < -0.39 is 9.85 Å². The van der Waals surface area contributed by atoms with Crippen molar-refractivity contribution in [1.29, 1.82) is 0 Å². The Morgan fingerprint density at radius 3 is 2.15 bits per heavy atom. The van der Waals surface area contributed by atoms with E-state index in [-0.39, 0.29) is 17.9 Å². The quantitative estimate of drug-likeness (QED) is 0.478. The summed E-state index contributed by atoms with van der Waals surface area (Å²) in [7, 11) is 0. The third-order valence-electron chi connectivity index (χ3n) is 3.48. The summed E-state index contributed by atoms with van der Waals surface area (Å²) in [6.07, 6.45) is 0.437. The Balaban J connectivity index is 1.79. The van der Waals surface area contributed by atoms with Crippen LogP contribution in [0.3, 0.4) is 0 Å². The molecule has 0 saturated carbocycles. The molecule has 0 saturated heterocycles. The molecule has 0 amide bonds. The minimum Gasteiger partial charge on any atom is -0.258 e. The minimum absolute atomic E-state index is 0.0239. The van der Waals surface area contributed by atoms with Gasteiger partial charge in [-0.25, -0.2) is 0 Å². The average Bonchev–Trinajstić information content (AvgIpc) is 3.03. The first-order chi connectivity index (χ1) is 12.4. The third-order valence-corrected chi connectivity index (χ3v) is 3.73. The predicted octanol–water partition coefficient (Wildman–Crippen LogP) is 2.78. The molecule has 0 atom stereocenters. The van der Waals surface area contributed by atoms with Crippen molar-refractivity contribution in [3.63, 3.8) is 0 Å². The number of benzene rings is 2. The van der Waals surface area contributed by atoms with Crippen molar-refractivity contribution in [2.75, 3.05) is 0 Å². The topological polar surface area (TPSA) is 130 Å². The maximum absolute atomic E-state index is 10.9. The van der Waals surface area contributed by atoms with E-state index in [0.717, 1.165) is 11.6 Å². The van der Waals surface area contributed by atoms with Crippen molar-refractivity contribution in [2.24, 2.45) is 0 Å². The summed E-state index contributed by atoms with van der Waals surface area (Å²) in [5.41, 5.74) is 0.549. The van der Waals surface area contributed by atoms with Crippen LogP contribution in [0.5, 0.6) is 0 Å². The lowest BCUT2D eigenvalue weighted by atomic mass is 10.1. The molecular formula is C15H11ClN6O4. The van der Waals surface area contributed by atoms with Gasteiger partial charge in [-0.15, -0.1) is 10.2 Å². The molecule has 3 rings (SSSR count). The maximum atomic E-state index is 10.9. The van der Waals surface area contributed by atoms with Gasteiger partial charge in [-0.05, 0) is 28.5 Å². The lowest BCUT2D eigenvalue weighted by Crippen LogP contribution is -2.06. The van der Waals surface area contributed by atoms with Crippen LogP contribution in [0.15, 0.2) is 42.5 Å². The molecule has 0 bridgehead atoms. The Morgan fingerprint density at radius 1 is 0.962 bits per heavy atom. The van der Waals surface area contributed by atoms with Gasteiger partial charge in [0.15, 0.2) is 5.82 Å². The van der Waals surface area contributed by atoms with Crippen LogP contribution in [-0.4, -0.2) is 30.1 Å². The fraction of sp³-hybridized carbons (Fsp3) is 0.133. The number of nitrogens with zero attached hydrogens (tertiary/aromatic N) is 6. The number of non-ortho nitro benzene ring substituents is 2. The van der Waals surface area contributed by atoms with Crippen molar-refractivity contribution >= 4 is 23.0 Å². The monoisotopic (exact) mass is 374 g/mol. The van der Waals surface area contributed by atoms with E-state index in [9.17, 15) is 20.2 Å². The molecule has 0 N–H and O–H groups in total. The van der Waals surface area contributed by atoms with Gasteiger partial charge >= 0.3 is 0 Å². The molecule has 0 fully saturated rings. The summed E-state index contributed by atoms with van der Waals surface area (Å²) in [5, 5.41) is 34.5. The van der Waals surface area contributed by atoms with Crippen molar-refractivity contribution in [3.05, 3.63) is 84.7 Å². The highest BCUT2D eigenvalue weighted by molar-refractivity contribution is 6.30. The number of rotatable bonds is 6. The molecule has 0 aliphatic rings. The zero-order valence-electron chi connectivity index (χ0n) is 13.1. The molecule has 0 radical (unpaired) electrons. The minimum atomic E-state index is -0.683. The molecule has 0 aliphatic heterocycles. The van der Waals surface area contributed by atoms with Gasteiger partial charge in [0.25, 0.3) is 11.4 Å². The van der Waals surface area contributed by atoms with Gasteiger partial charge in [-0.3, -0.25) is 20.2 Å². The maximum Gasteiger partial charge on any atom is 0.276 e. The number of halogens is 1. The van der Waals surface area contributed by atoms with E-state index in [1.807, 2.05) is 12.1 Å². The normalized spacial score (nSPS) is 10.7. The van der Waals surface area contributed by atoms with E-state index in [1.165, 1.54) is 16.9 Å². The number of nitro groups is 2. The van der Waals surface area contributed by atoms with Gasteiger partial charge in [0.2, 0.25) is 0 Å². The SMILES string of the molecule is O=[N+]([O-])c1cc(Cn2nnc(Cc3ccc(Cl)cc3)n2)cc([N+](=O)[O-])c1. The second-order valence-electron chi connectivity index (χ2n) is 5.41. The summed E-state index contributed by atoms with van der Waals surface area (Å²) in [5.74, 6) is 0.451. The summed E-state index contributed by atoms with van der Waals surface area (Å²) in [4.78, 5) is 21.7. The number of tetrazole rings is 1. The van der Waals surface area contributed by atoms with Crippen LogP contribution in [-0.2, 0) is 13.0 Å². The zero-order valence-corrected chi connectivity index (χ0v) is 13.9. The molecule has 11 heteroatoms. The number of hydrogen-bond acceptors (Lipinski definition) is 7. The molecule has 0 aliphatic carbocycles. The van der Waals surface area contributed by atoms with Gasteiger partial charge in [-0.2, -0.15) is 4.80 Å². The van der Waals surface area contributed by atoms with E-state index in [2.05, 4.69) is 15.4 Å². The van der Waals surface area contributed by atoms with E-state index >= 15 is 0 Å². The molecule has 3 aromatic rings. The van der Waals surface area contributed by atoms with Crippen LogP contribution in [0, 0.1) is 20.2 Å². The van der Waals surface area contributed by atoms with Crippen LogP contribution in [0.4, 0.5) is 11.4 Å². The standard InChI is InChI=1S/C15H11ClN6O4/c16-12-3-1-10(2-4-12)7-15-17-19-20(18-15)9-11-5-13(21(23)24)8-14(6-11)22(25)26/h1-6,8H,7,9H2. The Kier molecular flexibility index (Phi) is 4.85. The van der Waals surface area contributed by atoms with Gasteiger partial charge in [0.1, 0.15) is 0 Å². The molecular weight excluding hydrogens is 364 g/mol. The van der Waals surface area contributed by atoms with Crippen molar-refractivity contribution < 1.29 is 9.85 Å². The van der Waals surface area contributed by atoms with Crippen molar-refractivity contribution in [3.8, 4) is 0 Å². The van der Waals surface area contributed by atoms with Crippen LogP contribution in [0.25, 0.3) is 0 Å². The summed E-state index contributed by atoms with van der Waals surface area (Å²) in [6, 6.07) is 10.6. The lowest BCUT2D eigenvalue weighted by Gasteiger charge is -2.01. The first-order valence-corrected chi connectivity index (χ1v) is 7.72. The summed E-state index contributed by atoms with van der Waals surface area (Å²) >= 11 is 5.84. The highest BCUT2D eigenvalue weighted by Gasteiger charge is 2.17. The molecule has 0 unspecified atom stereocenters. The van der Waals surface area contributed by atoms with Crippen molar-refractivity contribution in [2.45, 2.75) is 13.0 Å². The predicted molar refractivity (Wildman–Crippen MR) is 90.9 cm³/mol. The van der Waals surface area contributed by atoms with Crippen LogP contribution in [0.1, 0.15) is 17.0 Å². The largest absolute Gasteiger partial charge is 0.276 e. The Bertz CT molecular complexity index is 940. The second kappa shape index (κ2) is 7.23. The third kappa shape index (κ3) is 4.16. The molecule has 0 spiro atoms. The van der Waals surface area contributed by atoms with Gasteiger partial charge in [0.05, 0.1) is 22.5 Å². The molecule has 2 aromatic carbocycles. The highest BCUT2D eigenvalue weighted by Crippen LogP contribution is 2.23.